The molecule has 1 unspecified atom stereocenters. The first kappa shape index (κ1) is 12.3. The van der Waals surface area contributed by atoms with E-state index in [0.29, 0.717) is 12.2 Å². The van der Waals surface area contributed by atoms with Crippen LogP contribution in [-0.4, -0.2) is 21.1 Å². The standard InChI is InChI=1S/C13H16N4O/c1-9-3-5-11(6-4-9)7-12(18)16-10(2)13-14-8-15-17-13/h3-6,8,10H,7H2,1-2H3,(H,16,18)(H,14,15,17). The van der Waals surface area contributed by atoms with Crippen molar-refractivity contribution in [3.63, 3.8) is 0 Å². The predicted octanol–water partition coefficient (Wildman–Crippen LogP) is 1.53. The van der Waals surface area contributed by atoms with Gasteiger partial charge >= 0.3 is 0 Å². The molecule has 1 amide bonds. The first-order valence-corrected chi connectivity index (χ1v) is 5.85. The average Bonchev–Trinajstić information content (AvgIpc) is 2.85. The topological polar surface area (TPSA) is 70.7 Å². The second-order valence-electron chi connectivity index (χ2n) is 4.32. The van der Waals surface area contributed by atoms with Gasteiger partial charge in [0.25, 0.3) is 0 Å². The normalized spacial score (nSPS) is 12.1. The molecule has 0 radical (unpaired) electrons. The van der Waals surface area contributed by atoms with E-state index in [0.717, 1.165) is 5.56 Å². The molecule has 0 saturated heterocycles. The second kappa shape index (κ2) is 5.44. The molecule has 0 aliphatic carbocycles. The van der Waals surface area contributed by atoms with Crippen LogP contribution >= 0.6 is 0 Å². The summed E-state index contributed by atoms with van der Waals surface area (Å²) in [4.78, 5) is 15.8. The van der Waals surface area contributed by atoms with Gasteiger partial charge in [0, 0.05) is 0 Å². The number of hydrogen-bond donors (Lipinski definition) is 2. The number of carbonyl (C=O) groups is 1. The van der Waals surface area contributed by atoms with Crippen LogP contribution in [0.5, 0.6) is 0 Å². The Balaban J connectivity index is 1.91. The van der Waals surface area contributed by atoms with E-state index in [1.807, 2.05) is 38.1 Å². The van der Waals surface area contributed by atoms with E-state index >= 15 is 0 Å². The number of aromatic amines is 1. The number of aromatic nitrogens is 3. The third kappa shape index (κ3) is 3.16. The molecule has 2 aromatic rings. The zero-order valence-corrected chi connectivity index (χ0v) is 10.5. The molecule has 0 aliphatic rings. The summed E-state index contributed by atoms with van der Waals surface area (Å²) in [6, 6.07) is 7.78. The van der Waals surface area contributed by atoms with Crippen LogP contribution in [0.3, 0.4) is 0 Å². The van der Waals surface area contributed by atoms with Crippen LogP contribution in [0.15, 0.2) is 30.6 Å². The van der Waals surface area contributed by atoms with Crippen molar-refractivity contribution in [2.24, 2.45) is 0 Å². The van der Waals surface area contributed by atoms with Gasteiger partial charge in [-0.25, -0.2) is 4.98 Å². The smallest absolute Gasteiger partial charge is 0.224 e. The molecule has 5 heteroatoms. The summed E-state index contributed by atoms with van der Waals surface area (Å²) in [6.45, 7) is 3.89. The van der Waals surface area contributed by atoms with Gasteiger partial charge in [-0.2, -0.15) is 5.10 Å². The van der Waals surface area contributed by atoms with Crippen molar-refractivity contribution in [1.29, 1.82) is 0 Å². The van der Waals surface area contributed by atoms with Gasteiger partial charge < -0.3 is 5.32 Å². The minimum absolute atomic E-state index is 0.0252. The van der Waals surface area contributed by atoms with E-state index in [1.54, 1.807) is 0 Å². The molecule has 0 spiro atoms. The number of carbonyl (C=O) groups excluding carboxylic acids is 1. The number of nitrogens with zero attached hydrogens (tertiary/aromatic N) is 2. The monoisotopic (exact) mass is 244 g/mol. The summed E-state index contributed by atoms with van der Waals surface area (Å²) < 4.78 is 0. The van der Waals surface area contributed by atoms with Gasteiger partial charge in [-0.15, -0.1) is 0 Å². The fourth-order valence-electron chi connectivity index (χ4n) is 1.68. The van der Waals surface area contributed by atoms with Crippen LogP contribution in [-0.2, 0) is 11.2 Å². The van der Waals surface area contributed by atoms with E-state index in [9.17, 15) is 4.79 Å². The summed E-state index contributed by atoms with van der Waals surface area (Å²) in [5.41, 5.74) is 2.19. The van der Waals surface area contributed by atoms with Crippen molar-refractivity contribution in [1.82, 2.24) is 20.5 Å². The SMILES string of the molecule is Cc1ccc(CC(=O)NC(C)c2ncn[nH]2)cc1. The van der Waals surface area contributed by atoms with Crippen LogP contribution in [0.4, 0.5) is 0 Å². The summed E-state index contributed by atoms with van der Waals surface area (Å²) in [7, 11) is 0. The largest absolute Gasteiger partial charge is 0.346 e. The molecule has 1 aromatic heterocycles. The Morgan fingerprint density at radius 2 is 2.11 bits per heavy atom. The van der Waals surface area contributed by atoms with Crippen molar-refractivity contribution in [2.45, 2.75) is 26.3 Å². The molecule has 0 saturated carbocycles. The molecule has 0 aliphatic heterocycles. The van der Waals surface area contributed by atoms with Gasteiger partial charge in [-0.1, -0.05) is 29.8 Å². The lowest BCUT2D eigenvalue weighted by molar-refractivity contribution is -0.121. The minimum Gasteiger partial charge on any atom is -0.346 e. The summed E-state index contributed by atoms with van der Waals surface area (Å²) in [6.07, 6.45) is 1.80. The average molecular weight is 244 g/mol. The lowest BCUT2D eigenvalue weighted by atomic mass is 10.1. The maximum Gasteiger partial charge on any atom is 0.224 e. The third-order valence-electron chi connectivity index (χ3n) is 2.71. The Morgan fingerprint density at radius 1 is 1.39 bits per heavy atom. The van der Waals surface area contributed by atoms with Crippen LogP contribution in [0.1, 0.15) is 29.9 Å². The summed E-state index contributed by atoms with van der Waals surface area (Å²) in [5, 5.41) is 9.37. The molecule has 1 heterocycles. The highest BCUT2D eigenvalue weighted by atomic mass is 16.1. The Morgan fingerprint density at radius 3 is 2.72 bits per heavy atom. The Bertz CT molecular complexity index is 504. The van der Waals surface area contributed by atoms with Crippen LogP contribution < -0.4 is 5.32 Å². The third-order valence-corrected chi connectivity index (χ3v) is 2.71. The molecule has 1 atom stereocenters. The molecular formula is C13H16N4O. The van der Waals surface area contributed by atoms with Gasteiger partial charge in [0.2, 0.25) is 5.91 Å². The lowest BCUT2D eigenvalue weighted by Gasteiger charge is -2.11. The molecule has 0 bridgehead atoms. The van der Waals surface area contributed by atoms with Gasteiger partial charge in [-0.05, 0) is 19.4 Å². The number of nitrogens with one attached hydrogen (secondary N) is 2. The molecule has 2 N–H and O–H groups in total. The lowest BCUT2D eigenvalue weighted by Crippen LogP contribution is -2.28. The fourth-order valence-corrected chi connectivity index (χ4v) is 1.68. The van der Waals surface area contributed by atoms with E-state index in [2.05, 4.69) is 20.5 Å². The molecule has 0 fully saturated rings. The summed E-state index contributed by atoms with van der Waals surface area (Å²) >= 11 is 0. The quantitative estimate of drug-likeness (QED) is 0.856. The first-order valence-electron chi connectivity index (χ1n) is 5.85. The highest BCUT2D eigenvalue weighted by Crippen LogP contribution is 2.07. The van der Waals surface area contributed by atoms with Crippen LogP contribution in [0.25, 0.3) is 0 Å². The predicted molar refractivity (Wildman–Crippen MR) is 67.8 cm³/mol. The zero-order valence-electron chi connectivity index (χ0n) is 10.5. The minimum atomic E-state index is -0.162. The van der Waals surface area contributed by atoms with Crippen molar-refractivity contribution in [3.05, 3.63) is 47.5 Å². The second-order valence-corrected chi connectivity index (χ2v) is 4.32. The number of rotatable bonds is 4. The van der Waals surface area contributed by atoms with Crippen molar-refractivity contribution in [3.8, 4) is 0 Å². The molecule has 2 rings (SSSR count). The Kier molecular flexibility index (Phi) is 3.72. The van der Waals surface area contributed by atoms with E-state index in [-0.39, 0.29) is 11.9 Å². The van der Waals surface area contributed by atoms with Gasteiger partial charge in [0.15, 0.2) is 0 Å². The highest BCUT2D eigenvalue weighted by molar-refractivity contribution is 5.78. The summed E-state index contributed by atoms with van der Waals surface area (Å²) in [5.74, 6) is 0.634. The van der Waals surface area contributed by atoms with Crippen molar-refractivity contribution >= 4 is 5.91 Å². The number of H-pyrrole nitrogens is 1. The van der Waals surface area contributed by atoms with Gasteiger partial charge in [0.05, 0.1) is 12.5 Å². The van der Waals surface area contributed by atoms with Gasteiger partial charge in [0.1, 0.15) is 12.2 Å². The maximum atomic E-state index is 11.8. The zero-order chi connectivity index (χ0) is 13.0. The van der Waals surface area contributed by atoms with Crippen molar-refractivity contribution < 1.29 is 4.79 Å². The molecule has 94 valence electrons. The number of amides is 1. The Labute approximate surface area is 106 Å². The Hall–Kier alpha value is -2.17. The molecule has 1 aromatic carbocycles. The fraction of sp³-hybridized carbons (Fsp3) is 0.308. The molecule has 5 nitrogen and oxygen atoms in total. The molecule has 18 heavy (non-hydrogen) atoms. The van der Waals surface area contributed by atoms with E-state index in [1.165, 1.54) is 11.9 Å². The number of hydrogen-bond acceptors (Lipinski definition) is 3. The van der Waals surface area contributed by atoms with E-state index < -0.39 is 0 Å². The maximum absolute atomic E-state index is 11.8. The molecular weight excluding hydrogens is 228 g/mol. The van der Waals surface area contributed by atoms with Crippen LogP contribution in [0.2, 0.25) is 0 Å². The first-order chi connectivity index (χ1) is 8.65. The highest BCUT2D eigenvalue weighted by Gasteiger charge is 2.11. The number of benzene rings is 1. The van der Waals surface area contributed by atoms with Gasteiger partial charge in [-0.3, -0.25) is 9.89 Å². The van der Waals surface area contributed by atoms with E-state index in [4.69, 9.17) is 0 Å². The van der Waals surface area contributed by atoms with Crippen LogP contribution in [0, 0.1) is 6.92 Å². The number of aryl methyl sites for hydroxylation is 1. The van der Waals surface area contributed by atoms with Crippen molar-refractivity contribution in [2.75, 3.05) is 0 Å².